The van der Waals surface area contributed by atoms with Crippen molar-refractivity contribution in [2.75, 3.05) is 6.61 Å². The van der Waals surface area contributed by atoms with Gasteiger partial charge in [-0.15, -0.1) is 0 Å². The van der Waals surface area contributed by atoms with E-state index in [0.29, 0.717) is 13.0 Å². The van der Waals surface area contributed by atoms with Crippen LogP contribution in [-0.4, -0.2) is 23.5 Å². The second-order valence-corrected chi connectivity index (χ2v) is 6.14. The van der Waals surface area contributed by atoms with Crippen LogP contribution < -0.4 is 5.73 Å². The van der Waals surface area contributed by atoms with Crippen molar-refractivity contribution in [2.24, 2.45) is 11.7 Å². The molecule has 3 nitrogen and oxygen atoms in total. The molecule has 0 aliphatic rings. The summed E-state index contributed by atoms with van der Waals surface area (Å²) in [6, 6.07) is 0. The fourth-order valence-corrected chi connectivity index (χ4v) is 1.27. The zero-order valence-corrected chi connectivity index (χ0v) is 11.6. The standard InChI is InChI=1S/C13H27NO2/c1-10(2)11(15)9-13(5,6)16-8-7-12(3,4)14/h10H,7-9,14H2,1-6H3. The molecule has 0 rings (SSSR count). The molecule has 0 saturated carbocycles. The van der Waals surface area contributed by atoms with Gasteiger partial charge < -0.3 is 10.5 Å². The zero-order chi connectivity index (χ0) is 13.0. The molecule has 0 aliphatic carbocycles. The van der Waals surface area contributed by atoms with E-state index in [0.717, 1.165) is 6.42 Å². The van der Waals surface area contributed by atoms with Crippen LogP contribution in [0.15, 0.2) is 0 Å². The molecule has 0 aliphatic heterocycles. The van der Waals surface area contributed by atoms with Gasteiger partial charge in [0, 0.05) is 24.5 Å². The van der Waals surface area contributed by atoms with Gasteiger partial charge in [0.05, 0.1) is 5.60 Å². The molecule has 0 bridgehead atoms. The third-order valence-corrected chi connectivity index (χ3v) is 2.48. The molecule has 0 aromatic rings. The van der Waals surface area contributed by atoms with Crippen molar-refractivity contribution in [3.8, 4) is 0 Å². The summed E-state index contributed by atoms with van der Waals surface area (Å²) in [5.41, 5.74) is 5.27. The van der Waals surface area contributed by atoms with Crippen LogP contribution in [0.1, 0.15) is 54.4 Å². The lowest BCUT2D eigenvalue weighted by Gasteiger charge is -2.27. The third-order valence-electron chi connectivity index (χ3n) is 2.48. The van der Waals surface area contributed by atoms with E-state index in [9.17, 15) is 4.79 Å². The Balaban J connectivity index is 4.01. The lowest BCUT2D eigenvalue weighted by molar-refractivity contribution is -0.128. The second kappa shape index (κ2) is 5.78. The first-order valence-electron chi connectivity index (χ1n) is 5.99. The average molecular weight is 229 g/mol. The molecule has 0 aromatic carbocycles. The average Bonchev–Trinajstić information content (AvgIpc) is 1.99. The quantitative estimate of drug-likeness (QED) is 0.730. The maximum absolute atomic E-state index is 11.6. The fourth-order valence-electron chi connectivity index (χ4n) is 1.27. The topological polar surface area (TPSA) is 52.3 Å². The van der Waals surface area contributed by atoms with Gasteiger partial charge in [0.1, 0.15) is 5.78 Å². The maximum Gasteiger partial charge on any atom is 0.138 e. The number of carbonyl (C=O) groups excluding carboxylic acids is 1. The van der Waals surface area contributed by atoms with Gasteiger partial charge >= 0.3 is 0 Å². The zero-order valence-electron chi connectivity index (χ0n) is 11.6. The van der Waals surface area contributed by atoms with Gasteiger partial charge in [0.2, 0.25) is 0 Å². The Morgan fingerprint density at radius 1 is 1.25 bits per heavy atom. The SMILES string of the molecule is CC(C)C(=O)CC(C)(C)OCCC(C)(C)N. The number of Topliss-reactive ketones (excluding diaryl/α,β-unsaturated/α-hetero) is 1. The summed E-state index contributed by atoms with van der Waals surface area (Å²) in [6.45, 7) is 12.3. The van der Waals surface area contributed by atoms with Crippen LogP contribution in [0.5, 0.6) is 0 Å². The molecule has 0 spiro atoms. The first-order chi connectivity index (χ1) is 7.03. The highest BCUT2D eigenvalue weighted by Crippen LogP contribution is 2.18. The van der Waals surface area contributed by atoms with Crippen molar-refractivity contribution in [1.82, 2.24) is 0 Å². The molecule has 3 heteroatoms. The van der Waals surface area contributed by atoms with Crippen LogP contribution >= 0.6 is 0 Å². The summed E-state index contributed by atoms with van der Waals surface area (Å²) < 4.78 is 5.73. The summed E-state index contributed by atoms with van der Waals surface area (Å²) >= 11 is 0. The molecule has 0 saturated heterocycles. The van der Waals surface area contributed by atoms with E-state index < -0.39 is 0 Å². The minimum absolute atomic E-state index is 0.0776. The molecule has 0 aromatic heterocycles. The molecule has 0 radical (unpaired) electrons. The van der Waals surface area contributed by atoms with Crippen molar-refractivity contribution in [3.05, 3.63) is 0 Å². The summed E-state index contributed by atoms with van der Waals surface area (Å²) in [5, 5.41) is 0. The number of ether oxygens (including phenoxy) is 1. The Morgan fingerprint density at radius 3 is 2.12 bits per heavy atom. The molecular weight excluding hydrogens is 202 g/mol. The van der Waals surface area contributed by atoms with Gasteiger partial charge in [0.25, 0.3) is 0 Å². The third kappa shape index (κ3) is 7.83. The number of hydrogen-bond acceptors (Lipinski definition) is 3. The lowest BCUT2D eigenvalue weighted by Crippen LogP contribution is -2.36. The molecule has 0 heterocycles. The largest absolute Gasteiger partial charge is 0.375 e. The monoisotopic (exact) mass is 229 g/mol. The summed E-state index contributed by atoms with van der Waals surface area (Å²) in [5.74, 6) is 0.325. The highest BCUT2D eigenvalue weighted by atomic mass is 16.5. The predicted octanol–water partition coefficient (Wildman–Crippen LogP) is 2.52. The minimum atomic E-state index is -0.382. The smallest absolute Gasteiger partial charge is 0.138 e. The lowest BCUT2D eigenvalue weighted by atomic mass is 9.95. The Labute approximate surface area is 99.7 Å². The van der Waals surface area contributed by atoms with Gasteiger partial charge in [-0.25, -0.2) is 0 Å². The van der Waals surface area contributed by atoms with Crippen molar-refractivity contribution >= 4 is 5.78 Å². The van der Waals surface area contributed by atoms with Crippen LogP contribution in [-0.2, 0) is 9.53 Å². The molecule has 0 atom stereocenters. The summed E-state index contributed by atoms with van der Waals surface area (Å²) in [7, 11) is 0. The molecule has 16 heavy (non-hydrogen) atoms. The first-order valence-corrected chi connectivity index (χ1v) is 5.99. The van der Waals surface area contributed by atoms with Gasteiger partial charge in [-0.2, -0.15) is 0 Å². The van der Waals surface area contributed by atoms with Gasteiger partial charge in [0.15, 0.2) is 0 Å². The Kier molecular flexibility index (Phi) is 5.63. The molecular formula is C13H27NO2. The molecule has 96 valence electrons. The van der Waals surface area contributed by atoms with E-state index in [1.807, 2.05) is 41.5 Å². The van der Waals surface area contributed by atoms with Crippen LogP contribution in [0, 0.1) is 5.92 Å². The summed E-state index contributed by atoms with van der Waals surface area (Å²) in [6.07, 6.45) is 1.27. The molecule has 0 amide bonds. The van der Waals surface area contributed by atoms with Gasteiger partial charge in [-0.05, 0) is 34.1 Å². The number of nitrogens with two attached hydrogens (primary N) is 1. The Bertz CT molecular complexity index is 227. The second-order valence-electron chi connectivity index (χ2n) is 6.14. The highest BCUT2D eigenvalue weighted by molar-refractivity contribution is 5.81. The van der Waals surface area contributed by atoms with E-state index in [-0.39, 0.29) is 22.8 Å². The first kappa shape index (κ1) is 15.6. The van der Waals surface area contributed by atoms with Crippen molar-refractivity contribution in [3.63, 3.8) is 0 Å². The van der Waals surface area contributed by atoms with Crippen LogP contribution in [0.2, 0.25) is 0 Å². The number of rotatable bonds is 7. The maximum atomic E-state index is 11.6. The molecule has 2 N–H and O–H groups in total. The fraction of sp³-hybridized carbons (Fsp3) is 0.923. The van der Waals surface area contributed by atoms with Gasteiger partial charge in [-0.3, -0.25) is 4.79 Å². The van der Waals surface area contributed by atoms with E-state index in [1.165, 1.54) is 0 Å². The number of hydrogen-bond donors (Lipinski definition) is 1. The Hall–Kier alpha value is -0.410. The van der Waals surface area contributed by atoms with E-state index in [4.69, 9.17) is 10.5 Å². The molecule has 0 fully saturated rings. The van der Waals surface area contributed by atoms with Crippen LogP contribution in [0.4, 0.5) is 0 Å². The van der Waals surface area contributed by atoms with Crippen LogP contribution in [0.3, 0.4) is 0 Å². The summed E-state index contributed by atoms with van der Waals surface area (Å²) in [4.78, 5) is 11.6. The molecule has 0 unspecified atom stereocenters. The van der Waals surface area contributed by atoms with E-state index in [1.54, 1.807) is 0 Å². The van der Waals surface area contributed by atoms with Crippen LogP contribution in [0.25, 0.3) is 0 Å². The number of carbonyl (C=O) groups is 1. The van der Waals surface area contributed by atoms with Crippen molar-refractivity contribution in [2.45, 2.75) is 65.5 Å². The van der Waals surface area contributed by atoms with E-state index in [2.05, 4.69) is 0 Å². The van der Waals surface area contributed by atoms with Crippen molar-refractivity contribution in [1.29, 1.82) is 0 Å². The van der Waals surface area contributed by atoms with Gasteiger partial charge in [-0.1, -0.05) is 13.8 Å². The minimum Gasteiger partial charge on any atom is -0.375 e. The number of ketones is 1. The normalized spacial score (nSPS) is 13.2. The predicted molar refractivity (Wildman–Crippen MR) is 67.4 cm³/mol. The highest BCUT2D eigenvalue weighted by Gasteiger charge is 2.24. The van der Waals surface area contributed by atoms with E-state index >= 15 is 0 Å². The van der Waals surface area contributed by atoms with Crippen molar-refractivity contribution < 1.29 is 9.53 Å². The Morgan fingerprint density at radius 2 is 1.75 bits per heavy atom.